The Morgan fingerprint density at radius 2 is 1.96 bits per heavy atom. The summed E-state index contributed by atoms with van der Waals surface area (Å²) >= 11 is 1.28. The van der Waals surface area contributed by atoms with Crippen LogP contribution in [0.25, 0.3) is 0 Å². The molecular weight excluding hydrogens is 354 g/mol. The van der Waals surface area contributed by atoms with E-state index >= 15 is 0 Å². The molecular formula is C19H21NO5S. The first-order valence-electron chi connectivity index (χ1n) is 8.61. The summed E-state index contributed by atoms with van der Waals surface area (Å²) in [4.78, 5) is 37.6. The maximum Gasteiger partial charge on any atom is 0.333 e. The molecule has 1 aromatic carbocycles. The van der Waals surface area contributed by atoms with Crippen molar-refractivity contribution in [2.75, 3.05) is 25.5 Å². The maximum atomic E-state index is 12.5. The molecule has 1 amide bonds. The Bertz CT molecular complexity index is 727. The minimum absolute atomic E-state index is 0.0971. The van der Waals surface area contributed by atoms with Crippen LogP contribution < -0.4 is 0 Å². The lowest BCUT2D eigenvalue weighted by molar-refractivity contribution is -0.148. The van der Waals surface area contributed by atoms with E-state index < -0.39 is 11.4 Å². The van der Waals surface area contributed by atoms with Crippen LogP contribution in [-0.4, -0.2) is 48.3 Å². The smallest absolute Gasteiger partial charge is 0.333 e. The Morgan fingerprint density at radius 1 is 1.23 bits per heavy atom. The van der Waals surface area contributed by atoms with Crippen LogP contribution in [0.5, 0.6) is 0 Å². The fraction of sp³-hybridized carbons (Fsp3) is 0.421. The van der Waals surface area contributed by atoms with Gasteiger partial charge < -0.3 is 14.4 Å². The zero-order valence-corrected chi connectivity index (χ0v) is 15.4. The topological polar surface area (TPSA) is 72.9 Å². The molecule has 26 heavy (non-hydrogen) atoms. The minimum atomic E-state index is -0.533. The zero-order chi connectivity index (χ0) is 18.6. The number of hydrogen-bond acceptors (Lipinski definition) is 6. The van der Waals surface area contributed by atoms with Gasteiger partial charge in [-0.05, 0) is 25.3 Å². The average Bonchev–Trinajstić information content (AvgIpc) is 3.39. The van der Waals surface area contributed by atoms with E-state index in [4.69, 9.17) is 9.47 Å². The van der Waals surface area contributed by atoms with Gasteiger partial charge in [0.15, 0.2) is 0 Å². The lowest BCUT2D eigenvalue weighted by atomic mass is 9.96. The van der Waals surface area contributed by atoms with Gasteiger partial charge in [0.25, 0.3) is 0 Å². The highest BCUT2D eigenvalue weighted by atomic mass is 32.2. The highest BCUT2D eigenvalue weighted by molar-refractivity contribution is 8.04. The molecule has 0 unspecified atom stereocenters. The summed E-state index contributed by atoms with van der Waals surface area (Å²) in [5.74, 6) is -0.565. The Morgan fingerprint density at radius 3 is 2.62 bits per heavy atom. The second-order valence-electron chi connectivity index (χ2n) is 6.15. The minimum Gasteiger partial charge on any atom is -0.463 e. The van der Waals surface area contributed by atoms with Gasteiger partial charge >= 0.3 is 11.9 Å². The molecule has 0 N–H and O–H groups in total. The van der Waals surface area contributed by atoms with Gasteiger partial charge in [0.1, 0.15) is 6.61 Å². The van der Waals surface area contributed by atoms with E-state index in [1.165, 1.54) is 22.7 Å². The summed E-state index contributed by atoms with van der Waals surface area (Å²) in [6.45, 7) is 2.33. The van der Waals surface area contributed by atoms with Crippen LogP contribution in [0.3, 0.4) is 0 Å². The van der Waals surface area contributed by atoms with E-state index in [2.05, 4.69) is 0 Å². The lowest BCUT2D eigenvalue weighted by Crippen LogP contribution is -2.31. The third kappa shape index (κ3) is 3.93. The molecule has 0 bridgehead atoms. The van der Waals surface area contributed by atoms with Crippen LogP contribution in [0.1, 0.15) is 25.3 Å². The Labute approximate surface area is 156 Å². The molecule has 6 nitrogen and oxygen atoms in total. The summed E-state index contributed by atoms with van der Waals surface area (Å²) in [5, 5.41) is 0.536. The van der Waals surface area contributed by atoms with Gasteiger partial charge in [0.2, 0.25) is 5.91 Å². The predicted molar refractivity (Wildman–Crippen MR) is 97.2 cm³/mol. The van der Waals surface area contributed by atoms with Gasteiger partial charge in [-0.3, -0.25) is 9.59 Å². The molecule has 1 saturated heterocycles. The van der Waals surface area contributed by atoms with Gasteiger partial charge in [-0.2, -0.15) is 0 Å². The highest BCUT2D eigenvalue weighted by Gasteiger charge is 2.52. The largest absolute Gasteiger partial charge is 0.463 e. The van der Waals surface area contributed by atoms with E-state index in [1.807, 2.05) is 30.3 Å². The number of esters is 2. The van der Waals surface area contributed by atoms with Gasteiger partial charge in [-0.25, -0.2) is 4.79 Å². The molecule has 2 fully saturated rings. The van der Waals surface area contributed by atoms with Crippen molar-refractivity contribution in [3.05, 3.63) is 47.0 Å². The number of thioether (sulfide) groups is 1. The molecule has 1 heterocycles. The molecule has 3 rings (SSSR count). The van der Waals surface area contributed by atoms with Gasteiger partial charge in [-0.15, -0.1) is 0 Å². The average molecular weight is 375 g/mol. The van der Waals surface area contributed by atoms with Crippen LogP contribution >= 0.6 is 11.8 Å². The molecule has 1 aliphatic heterocycles. The molecule has 1 saturated carbocycles. The Balaban J connectivity index is 1.56. The predicted octanol–water partition coefficient (Wildman–Crippen LogP) is 2.24. The van der Waals surface area contributed by atoms with Crippen molar-refractivity contribution in [1.82, 2.24) is 4.90 Å². The Hall–Kier alpha value is -2.28. The summed E-state index contributed by atoms with van der Waals surface area (Å²) in [5.41, 5.74) is 0.440. The standard InChI is InChI=1S/C19H21NO5S/c1-2-24-17(22)12-16-20(15(21)13-26-16)10-11-25-18(23)19(8-9-19)14-6-4-3-5-7-14/h3-7,12H,2,8-11,13H2,1H3/b16-12-. The lowest BCUT2D eigenvalue weighted by Gasteiger charge is -2.19. The molecule has 138 valence electrons. The monoisotopic (exact) mass is 375 g/mol. The van der Waals surface area contributed by atoms with Gasteiger partial charge in [0, 0.05) is 0 Å². The van der Waals surface area contributed by atoms with Crippen molar-refractivity contribution in [2.24, 2.45) is 0 Å². The maximum absolute atomic E-state index is 12.5. The van der Waals surface area contributed by atoms with Crippen molar-refractivity contribution >= 4 is 29.6 Å². The molecule has 1 aromatic rings. The van der Waals surface area contributed by atoms with Gasteiger partial charge in [0.05, 0.1) is 35.4 Å². The number of carbonyl (C=O) groups excluding carboxylic acids is 3. The quantitative estimate of drug-likeness (QED) is 0.538. The number of rotatable bonds is 7. The van der Waals surface area contributed by atoms with E-state index in [0.29, 0.717) is 5.03 Å². The number of carbonyl (C=O) groups is 3. The fourth-order valence-corrected chi connectivity index (χ4v) is 3.87. The van der Waals surface area contributed by atoms with Crippen LogP contribution in [0.2, 0.25) is 0 Å². The first kappa shape index (κ1) is 18.5. The molecule has 0 atom stereocenters. The first-order chi connectivity index (χ1) is 12.6. The van der Waals surface area contributed by atoms with E-state index in [-0.39, 0.29) is 37.4 Å². The number of nitrogens with zero attached hydrogens (tertiary/aromatic N) is 1. The van der Waals surface area contributed by atoms with Crippen LogP contribution in [-0.2, 0) is 29.3 Å². The number of hydrogen-bond donors (Lipinski definition) is 0. The number of benzene rings is 1. The molecule has 0 radical (unpaired) electrons. The van der Waals surface area contributed by atoms with Crippen molar-refractivity contribution in [2.45, 2.75) is 25.2 Å². The normalized spacial score (nSPS) is 19.5. The van der Waals surface area contributed by atoms with Crippen LogP contribution in [0, 0.1) is 0 Å². The van der Waals surface area contributed by atoms with Gasteiger partial charge in [-0.1, -0.05) is 42.1 Å². The highest BCUT2D eigenvalue weighted by Crippen LogP contribution is 2.49. The summed E-state index contributed by atoms with van der Waals surface area (Å²) in [6, 6.07) is 9.62. The van der Waals surface area contributed by atoms with Crippen LogP contribution in [0.15, 0.2) is 41.4 Å². The molecule has 7 heteroatoms. The van der Waals surface area contributed by atoms with Crippen LogP contribution in [0.4, 0.5) is 0 Å². The van der Waals surface area contributed by atoms with Crippen molar-refractivity contribution in [3.8, 4) is 0 Å². The molecule has 2 aliphatic rings. The second-order valence-corrected chi connectivity index (χ2v) is 7.15. The fourth-order valence-electron chi connectivity index (χ4n) is 2.91. The first-order valence-corrected chi connectivity index (χ1v) is 9.60. The Kier molecular flexibility index (Phi) is 5.66. The van der Waals surface area contributed by atoms with E-state index in [1.54, 1.807) is 6.92 Å². The summed E-state index contributed by atoms with van der Waals surface area (Å²) in [7, 11) is 0. The molecule has 0 spiro atoms. The summed E-state index contributed by atoms with van der Waals surface area (Å²) < 4.78 is 10.3. The van der Waals surface area contributed by atoms with Crippen molar-refractivity contribution in [1.29, 1.82) is 0 Å². The number of amides is 1. The van der Waals surface area contributed by atoms with E-state index in [9.17, 15) is 14.4 Å². The zero-order valence-electron chi connectivity index (χ0n) is 14.6. The SMILES string of the molecule is CCOC(=O)/C=C1\SCC(=O)N1CCOC(=O)C1(c2ccccc2)CC1. The molecule has 0 aromatic heterocycles. The van der Waals surface area contributed by atoms with Crippen molar-refractivity contribution < 1.29 is 23.9 Å². The third-order valence-corrected chi connectivity index (χ3v) is 5.48. The summed E-state index contributed by atoms with van der Waals surface area (Å²) in [6.07, 6.45) is 2.87. The van der Waals surface area contributed by atoms with Crippen molar-refractivity contribution in [3.63, 3.8) is 0 Å². The molecule has 1 aliphatic carbocycles. The second kappa shape index (κ2) is 7.95. The third-order valence-electron chi connectivity index (χ3n) is 4.45. The number of ether oxygens (including phenoxy) is 2. The van der Waals surface area contributed by atoms with E-state index in [0.717, 1.165) is 18.4 Å².